The van der Waals surface area contributed by atoms with Crippen molar-refractivity contribution in [2.75, 3.05) is 6.54 Å². The van der Waals surface area contributed by atoms with Gasteiger partial charge in [-0.15, -0.1) is 0 Å². The number of rotatable bonds is 8. The fourth-order valence-corrected chi connectivity index (χ4v) is 3.78. The Labute approximate surface area is 149 Å². The molecule has 2 aromatic rings. The second-order valence-electron chi connectivity index (χ2n) is 6.18. The van der Waals surface area contributed by atoms with Crippen LogP contribution >= 0.6 is 0 Å². The van der Waals surface area contributed by atoms with Crippen LogP contribution in [0.4, 0.5) is 0 Å². The van der Waals surface area contributed by atoms with E-state index in [1.807, 2.05) is 44.2 Å². The Morgan fingerprint density at radius 3 is 2.08 bits per heavy atom. The summed E-state index contributed by atoms with van der Waals surface area (Å²) in [6, 6.07) is 17.1. The number of hydrogen-bond donors (Lipinski definition) is 2. The van der Waals surface area contributed by atoms with Crippen molar-refractivity contribution in [3.8, 4) is 0 Å². The summed E-state index contributed by atoms with van der Waals surface area (Å²) >= 11 is 0. The third-order valence-corrected chi connectivity index (χ3v) is 5.30. The molecule has 0 saturated carbocycles. The van der Waals surface area contributed by atoms with E-state index in [0.717, 1.165) is 5.56 Å². The Kier molecular flexibility index (Phi) is 6.73. The highest BCUT2D eigenvalue weighted by Crippen LogP contribution is 2.11. The molecule has 5 nitrogen and oxygen atoms in total. The lowest BCUT2D eigenvalue weighted by atomic mass is 10.0. The third kappa shape index (κ3) is 5.69. The molecule has 0 aliphatic rings. The van der Waals surface area contributed by atoms with Crippen molar-refractivity contribution in [3.63, 3.8) is 0 Å². The molecule has 1 amide bonds. The molecule has 0 saturated heterocycles. The molecule has 0 aliphatic heterocycles. The standard InChI is InChI=1S/C19H24N2O3S/c1-15(2)18(21-25(23,24)17-11-7-4-8-12-17)19(22)20-14-13-16-9-5-3-6-10-16/h3-12,15,18,21H,13-14H2,1-2H3,(H,20,22). The van der Waals surface area contributed by atoms with Gasteiger partial charge in [-0.25, -0.2) is 8.42 Å². The summed E-state index contributed by atoms with van der Waals surface area (Å²) < 4.78 is 27.4. The summed E-state index contributed by atoms with van der Waals surface area (Å²) in [5.74, 6) is -0.486. The molecule has 1 atom stereocenters. The minimum atomic E-state index is -3.74. The lowest BCUT2D eigenvalue weighted by molar-refractivity contribution is -0.123. The molecule has 0 bridgehead atoms. The fourth-order valence-electron chi connectivity index (χ4n) is 2.41. The maximum absolute atomic E-state index is 12.5. The molecule has 25 heavy (non-hydrogen) atoms. The van der Waals surface area contributed by atoms with Crippen LogP contribution in [0.1, 0.15) is 19.4 Å². The van der Waals surface area contributed by atoms with Gasteiger partial charge in [-0.1, -0.05) is 62.4 Å². The van der Waals surface area contributed by atoms with Gasteiger partial charge in [0.2, 0.25) is 15.9 Å². The predicted molar refractivity (Wildman–Crippen MR) is 98.5 cm³/mol. The normalized spacial score (nSPS) is 12.8. The summed E-state index contributed by atoms with van der Waals surface area (Å²) in [5.41, 5.74) is 1.12. The Balaban J connectivity index is 1.98. The number of benzene rings is 2. The summed E-state index contributed by atoms with van der Waals surface area (Å²) in [5, 5.41) is 2.82. The average molecular weight is 360 g/mol. The van der Waals surface area contributed by atoms with Crippen LogP contribution in [-0.2, 0) is 21.2 Å². The van der Waals surface area contributed by atoms with E-state index in [9.17, 15) is 13.2 Å². The van der Waals surface area contributed by atoms with Crippen LogP contribution in [-0.4, -0.2) is 26.9 Å². The number of carbonyl (C=O) groups excluding carboxylic acids is 1. The third-order valence-electron chi connectivity index (χ3n) is 3.84. The molecule has 0 radical (unpaired) electrons. The largest absolute Gasteiger partial charge is 0.354 e. The summed E-state index contributed by atoms with van der Waals surface area (Å²) in [6.07, 6.45) is 0.697. The lowest BCUT2D eigenvalue weighted by Crippen LogP contribution is -2.49. The van der Waals surface area contributed by atoms with E-state index in [0.29, 0.717) is 13.0 Å². The van der Waals surface area contributed by atoms with Gasteiger partial charge in [-0.3, -0.25) is 4.79 Å². The number of hydrogen-bond acceptors (Lipinski definition) is 3. The first-order chi connectivity index (χ1) is 11.9. The van der Waals surface area contributed by atoms with Crippen LogP contribution in [0.25, 0.3) is 0 Å². The summed E-state index contributed by atoms with van der Waals surface area (Å²) in [6.45, 7) is 4.09. The van der Waals surface area contributed by atoms with Gasteiger partial charge in [0, 0.05) is 6.54 Å². The number of carbonyl (C=O) groups is 1. The SMILES string of the molecule is CC(C)C(NS(=O)(=O)c1ccccc1)C(=O)NCCc1ccccc1. The van der Waals surface area contributed by atoms with Crippen molar-refractivity contribution < 1.29 is 13.2 Å². The van der Waals surface area contributed by atoms with Crippen LogP contribution < -0.4 is 10.0 Å². The molecule has 1 unspecified atom stereocenters. The van der Waals surface area contributed by atoms with Crippen molar-refractivity contribution in [1.82, 2.24) is 10.0 Å². The highest BCUT2D eigenvalue weighted by atomic mass is 32.2. The Morgan fingerprint density at radius 1 is 0.960 bits per heavy atom. The molecular formula is C19H24N2O3S. The van der Waals surface area contributed by atoms with Gasteiger partial charge in [-0.05, 0) is 30.0 Å². The van der Waals surface area contributed by atoms with Gasteiger partial charge in [-0.2, -0.15) is 4.72 Å². The molecule has 2 N–H and O–H groups in total. The Morgan fingerprint density at radius 2 is 1.52 bits per heavy atom. The fraction of sp³-hybridized carbons (Fsp3) is 0.316. The van der Waals surface area contributed by atoms with Gasteiger partial charge in [0.15, 0.2) is 0 Å². The monoisotopic (exact) mass is 360 g/mol. The van der Waals surface area contributed by atoms with Crippen molar-refractivity contribution in [1.29, 1.82) is 0 Å². The zero-order valence-corrected chi connectivity index (χ0v) is 15.3. The van der Waals surface area contributed by atoms with Crippen molar-refractivity contribution in [2.24, 2.45) is 5.92 Å². The zero-order chi connectivity index (χ0) is 18.3. The molecule has 0 fully saturated rings. The van der Waals surface area contributed by atoms with Crippen LogP contribution in [0, 0.1) is 5.92 Å². The Bertz CT molecular complexity index is 775. The predicted octanol–water partition coefficient (Wildman–Crippen LogP) is 2.35. The number of sulfonamides is 1. The van der Waals surface area contributed by atoms with Gasteiger partial charge < -0.3 is 5.32 Å². The van der Waals surface area contributed by atoms with Gasteiger partial charge in [0.05, 0.1) is 4.90 Å². The first-order valence-corrected chi connectivity index (χ1v) is 9.77. The van der Waals surface area contributed by atoms with Gasteiger partial charge in [0.25, 0.3) is 0 Å². The lowest BCUT2D eigenvalue weighted by Gasteiger charge is -2.21. The van der Waals surface area contributed by atoms with Crippen molar-refractivity contribution in [2.45, 2.75) is 31.2 Å². The molecule has 2 rings (SSSR count). The van der Waals surface area contributed by atoms with Crippen molar-refractivity contribution in [3.05, 3.63) is 66.2 Å². The second kappa shape index (κ2) is 8.78. The van der Waals surface area contributed by atoms with E-state index in [-0.39, 0.29) is 16.7 Å². The topological polar surface area (TPSA) is 75.3 Å². The quantitative estimate of drug-likeness (QED) is 0.759. The molecule has 6 heteroatoms. The summed E-state index contributed by atoms with van der Waals surface area (Å²) in [7, 11) is -3.74. The molecular weight excluding hydrogens is 336 g/mol. The molecule has 134 valence electrons. The molecule has 0 heterocycles. The highest BCUT2D eigenvalue weighted by molar-refractivity contribution is 7.89. The molecule has 0 aliphatic carbocycles. The average Bonchev–Trinajstić information content (AvgIpc) is 2.61. The molecule has 0 spiro atoms. The van der Waals surface area contributed by atoms with E-state index >= 15 is 0 Å². The Hall–Kier alpha value is -2.18. The molecule has 0 aromatic heterocycles. The van der Waals surface area contributed by atoms with E-state index in [4.69, 9.17) is 0 Å². The highest BCUT2D eigenvalue weighted by Gasteiger charge is 2.27. The first-order valence-electron chi connectivity index (χ1n) is 8.29. The maximum Gasteiger partial charge on any atom is 0.241 e. The first kappa shape index (κ1) is 19.1. The van der Waals surface area contributed by atoms with Crippen LogP contribution in [0.15, 0.2) is 65.6 Å². The zero-order valence-electron chi connectivity index (χ0n) is 14.5. The van der Waals surface area contributed by atoms with Crippen LogP contribution in [0.5, 0.6) is 0 Å². The summed E-state index contributed by atoms with van der Waals surface area (Å²) in [4.78, 5) is 12.6. The van der Waals surface area contributed by atoms with E-state index in [1.54, 1.807) is 18.2 Å². The minimum absolute atomic E-state index is 0.151. The van der Waals surface area contributed by atoms with Crippen LogP contribution in [0.3, 0.4) is 0 Å². The molecule has 2 aromatic carbocycles. The maximum atomic E-state index is 12.5. The van der Waals surface area contributed by atoms with Crippen molar-refractivity contribution >= 4 is 15.9 Å². The van der Waals surface area contributed by atoms with Crippen LogP contribution in [0.2, 0.25) is 0 Å². The number of nitrogens with one attached hydrogen (secondary N) is 2. The van der Waals surface area contributed by atoms with E-state index in [1.165, 1.54) is 12.1 Å². The van der Waals surface area contributed by atoms with E-state index in [2.05, 4.69) is 10.0 Å². The van der Waals surface area contributed by atoms with Gasteiger partial charge >= 0.3 is 0 Å². The van der Waals surface area contributed by atoms with Gasteiger partial charge in [0.1, 0.15) is 6.04 Å². The minimum Gasteiger partial charge on any atom is -0.354 e. The number of amides is 1. The second-order valence-corrected chi connectivity index (χ2v) is 7.90. The van der Waals surface area contributed by atoms with E-state index < -0.39 is 16.1 Å². The smallest absolute Gasteiger partial charge is 0.241 e.